The molecule has 1 saturated heterocycles. The molecule has 1 fully saturated rings. The monoisotopic (exact) mass is 459 g/mol. The average molecular weight is 459 g/mol. The number of pyridine rings is 1. The van der Waals surface area contributed by atoms with Crippen molar-refractivity contribution in [2.75, 3.05) is 14.1 Å². The Morgan fingerprint density at radius 1 is 1.18 bits per heavy atom. The average Bonchev–Trinajstić information content (AvgIpc) is 3.30. The molecule has 3 atom stereocenters. The maximum absolute atomic E-state index is 13.3. The van der Waals surface area contributed by atoms with Crippen LogP contribution in [0.1, 0.15) is 43.5 Å². The number of hydrogen-bond acceptors (Lipinski definition) is 7. The van der Waals surface area contributed by atoms with E-state index < -0.39 is 0 Å². The van der Waals surface area contributed by atoms with E-state index in [0.717, 1.165) is 25.0 Å². The summed E-state index contributed by atoms with van der Waals surface area (Å²) in [7, 11) is 6.98. The molecule has 0 unspecified atom stereocenters. The van der Waals surface area contributed by atoms with Crippen LogP contribution in [0.3, 0.4) is 0 Å². The van der Waals surface area contributed by atoms with Gasteiger partial charge in [-0.2, -0.15) is 5.10 Å². The largest absolute Gasteiger partial charge is 0.344 e. The maximum Gasteiger partial charge on any atom is 0.244 e. The van der Waals surface area contributed by atoms with Gasteiger partial charge in [-0.25, -0.2) is 9.97 Å². The quantitative estimate of drug-likeness (QED) is 0.380. The number of fused-ring (bicyclic) bond motifs is 1. The van der Waals surface area contributed by atoms with Gasteiger partial charge in [0.1, 0.15) is 25.2 Å². The van der Waals surface area contributed by atoms with Gasteiger partial charge >= 0.3 is 0 Å². The molecule has 0 aliphatic carbocycles. The molecule has 9 nitrogen and oxygen atoms in total. The molecule has 3 aromatic rings. The molecular formula is C23H31B2N7O2. The molecule has 4 rings (SSSR count). The fourth-order valence-corrected chi connectivity index (χ4v) is 4.81. The van der Waals surface area contributed by atoms with E-state index in [1.165, 1.54) is 6.92 Å². The molecule has 0 N–H and O–H groups in total. The third-order valence-corrected chi connectivity index (χ3v) is 6.77. The van der Waals surface area contributed by atoms with Crippen LogP contribution in [-0.4, -0.2) is 87.2 Å². The highest BCUT2D eigenvalue weighted by Crippen LogP contribution is 2.30. The Morgan fingerprint density at radius 2 is 1.88 bits per heavy atom. The summed E-state index contributed by atoms with van der Waals surface area (Å²) >= 11 is 0. The highest BCUT2D eigenvalue weighted by molar-refractivity contribution is 6.90. The minimum Gasteiger partial charge on any atom is -0.344 e. The highest BCUT2D eigenvalue weighted by atomic mass is 16.2. The van der Waals surface area contributed by atoms with Crippen molar-refractivity contribution >= 4 is 37.5 Å². The zero-order valence-electron chi connectivity index (χ0n) is 20.8. The van der Waals surface area contributed by atoms with Crippen LogP contribution in [0.5, 0.6) is 0 Å². The normalized spacial score (nSPS) is 20.3. The van der Waals surface area contributed by atoms with Gasteiger partial charge < -0.3 is 9.80 Å². The second-order valence-corrected chi connectivity index (χ2v) is 9.59. The van der Waals surface area contributed by atoms with Gasteiger partial charge in [0, 0.05) is 36.3 Å². The number of aromatic nitrogens is 5. The van der Waals surface area contributed by atoms with Crippen LogP contribution in [0.15, 0.2) is 24.7 Å². The summed E-state index contributed by atoms with van der Waals surface area (Å²) < 4.78 is 1.62. The number of carbonyl (C=O) groups is 2. The summed E-state index contributed by atoms with van der Waals surface area (Å²) in [5, 5.41) is 5.20. The SMILES string of the molecule is BB[C@@H]1C[C@H](C)[C@@H](C)N1C(=O)Cn1nc(C(C)=O)c2cc(-c3cnc(CN(C)C)nc3)ncc21. The van der Waals surface area contributed by atoms with Crippen LogP contribution in [0.2, 0.25) is 0 Å². The Hall–Kier alpha value is -3.07. The molecule has 4 heterocycles. The minimum atomic E-state index is -0.152. The second kappa shape index (κ2) is 9.66. The van der Waals surface area contributed by atoms with Gasteiger partial charge in [0.25, 0.3) is 0 Å². The first-order valence-electron chi connectivity index (χ1n) is 11.8. The molecule has 0 spiro atoms. The van der Waals surface area contributed by atoms with E-state index in [1.807, 2.05) is 30.0 Å². The molecule has 0 radical (unpaired) electrons. The van der Waals surface area contributed by atoms with E-state index in [-0.39, 0.29) is 30.2 Å². The third-order valence-electron chi connectivity index (χ3n) is 6.77. The number of nitrogens with zero attached hydrogens (tertiary/aromatic N) is 7. The predicted molar refractivity (Wildman–Crippen MR) is 136 cm³/mol. The lowest BCUT2D eigenvalue weighted by atomic mass is 9.49. The third kappa shape index (κ3) is 4.61. The Balaban J connectivity index is 1.66. The van der Waals surface area contributed by atoms with Crippen LogP contribution >= 0.6 is 0 Å². The van der Waals surface area contributed by atoms with Gasteiger partial charge in [-0.15, -0.1) is 0 Å². The Bertz CT molecular complexity index is 1210. The number of Topliss-reactive ketones (excluding diaryl/α,β-unsaturated/α-hetero) is 1. The first kappa shape index (κ1) is 24.1. The first-order chi connectivity index (χ1) is 16.2. The summed E-state index contributed by atoms with van der Waals surface area (Å²) in [6.45, 7) is 6.53. The van der Waals surface area contributed by atoms with Gasteiger partial charge in [0.15, 0.2) is 5.78 Å². The number of amides is 1. The number of likely N-dealkylation sites (tertiary alicyclic amines) is 1. The second-order valence-electron chi connectivity index (χ2n) is 9.59. The minimum absolute atomic E-state index is 0.0251. The van der Waals surface area contributed by atoms with E-state index in [2.05, 4.69) is 41.6 Å². The van der Waals surface area contributed by atoms with Crippen LogP contribution < -0.4 is 0 Å². The molecular weight excluding hydrogens is 428 g/mol. The van der Waals surface area contributed by atoms with Crippen LogP contribution in [0.25, 0.3) is 22.2 Å². The van der Waals surface area contributed by atoms with Gasteiger partial charge in [-0.05, 0) is 45.4 Å². The molecule has 176 valence electrons. The molecule has 0 bridgehead atoms. The Morgan fingerprint density at radius 3 is 2.50 bits per heavy atom. The lowest BCUT2D eigenvalue weighted by Crippen LogP contribution is -2.45. The van der Waals surface area contributed by atoms with E-state index in [4.69, 9.17) is 0 Å². The predicted octanol–water partition coefficient (Wildman–Crippen LogP) is 0.720. The summed E-state index contributed by atoms with van der Waals surface area (Å²) in [6.07, 6.45) is 6.17. The standard InChI is InChI=1S/C23H31B2N7O2/c1-13-6-20(25-24)32(14(13)2)22(34)12-31-19-10-26-18(7-17(19)23(29-31)15(3)33)16-8-27-21(28-9-16)11-30(4)5/h7-10,13-14,20,25H,6,11-12,24H2,1-5H3/t13-,14+,20-/m0/s1. The van der Waals surface area contributed by atoms with Crippen molar-refractivity contribution in [2.45, 2.75) is 52.3 Å². The zero-order chi connectivity index (χ0) is 24.6. The fraction of sp³-hybridized carbons (Fsp3) is 0.478. The summed E-state index contributed by atoms with van der Waals surface area (Å²) in [6, 6.07) is 2.02. The van der Waals surface area contributed by atoms with Gasteiger partial charge in [-0.3, -0.25) is 19.3 Å². The maximum atomic E-state index is 13.3. The molecule has 34 heavy (non-hydrogen) atoms. The van der Waals surface area contributed by atoms with Gasteiger partial charge in [-0.1, -0.05) is 6.92 Å². The van der Waals surface area contributed by atoms with Crippen molar-refractivity contribution in [1.82, 2.24) is 34.5 Å². The van der Waals surface area contributed by atoms with Crippen LogP contribution in [0, 0.1) is 5.92 Å². The lowest BCUT2D eigenvalue weighted by Gasteiger charge is -2.29. The first-order valence-corrected chi connectivity index (χ1v) is 11.8. The molecule has 0 aromatic carbocycles. The fourth-order valence-electron chi connectivity index (χ4n) is 4.81. The van der Waals surface area contributed by atoms with E-state index in [1.54, 1.807) is 23.3 Å². The molecule has 1 aliphatic rings. The zero-order valence-corrected chi connectivity index (χ0v) is 20.8. The van der Waals surface area contributed by atoms with Gasteiger partial charge in [0.05, 0.1) is 31.7 Å². The van der Waals surface area contributed by atoms with Crippen molar-refractivity contribution in [3.05, 3.63) is 36.2 Å². The van der Waals surface area contributed by atoms with Crippen molar-refractivity contribution in [1.29, 1.82) is 0 Å². The lowest BCUT2D eigenvalue weighted by molar-refractivity contribution is -0.133. The number of hydrogen-bond donors (Lipinski definition) is 0. The topological polar surface area (TPSA) is 97.1 Å². The number of carbonyl (C=O) groups excluding carboxylic acids is 2. The molecule has 0 saturated carbocycles. The number of ketones is 1. The summed E-state index contributed by atoms with van der Waals surface area (Å²) in [5.41, 5.74) is 2.42. The van der Waals surface area contributed by atoms with Crippen molar-refractivity contribution in [3.63, 3.8) is 0 Å². The summed E-state index contributed by atoms with van der Waals surface area (Å²) in [5.74, 6) is 1.30. The Labute approximate surface area is 201 Å². The molecule has 3 aromatic heterocycles. The van der Waals surface area contributed by atoms with Crippen molar-refractivity contribution in [3.8, 4) is 11.3 Å². The summed E-state index contributed by atoms with van der Waals surface area (Å²) in [4.78, 5) is 43.1. The van der Waals surface area contributed by atoms with E-state index in [0.29, 0.717) is 34.8 Å². The highest BCUT2D eigenvalue weighted by Gasteiger charge is 2.38. The number of rotatable bonds is 7. The molecule has 11 heteroatoms. The van der Waals surface area contributed by atoms with E-state index in [9.17, 15) is 9.59 Å². The van der Waals surface area contributed by atoms with Crippen LogP contribution in [-0.2, 0) is 17.9 Å². The van der Waals surface area contributed by atoms with Crippen molar-refractivity contribution < 1.29 is 9.59 Å². The van der Waals surface area contributed by atoms with Crippen LogP contribution in [0.4, 0.5) is 0 Å². The van der Waals surface area contributed by atoms with E-state index >= 15 is 0 Å². The van der Waals surface area contributed by atoms with Gasteiger partial charge in [0.2, 0.25) is 5.91 Å². The molecule has 1 aliphatic heterocycles. The Kier molecular flexibility index (Phi) is 6.84. The smallest absolute Gasteiger partial charge is 0.244 e. The van der Waals surface area contributed by atoms with Crippen molar-refractivity contribution in [2.24, 2.45) is 5.92 Å². The molecule has 1 amide bonds.